The molecule has 2 aromatic rings. The van der Waals surface area contributed by atoms with Gasteiger partial charge in [0.15, 0.2) is 0 Å². The van der Waals surface area contributed by atoms with Crippen molar-refractivity contribution < 1.29 is 9.47 Å². The first-order chi connectivity index (χ1) is 13.8. The van der Waals surface area contributed by atoms with Crippen molar-refractivity contribution in [3.8, 4) is 11.5 Å². The molecule has 2 fully saturated rings. The molecule has 1 aromatic heterocycles. The van der Waals surface area contributed by atoms with E-state index in [1.165, 1.54) is 42.5 Å². The number of benzene rings is 1. The fraction of sp³-hybridized carbons (Fsp3) is 0.545. The minimum atomic E-state index is 0. The summed E-state index contributed by atoms with van der Waals surface area (Å²) in [7, 11) is 3.42. The molecule has 0 spiro atoms. The van der Waals surface area contributed by atoms with Crippen LogP contribution < -0.4 is 14.4 Å². The summed E-state index contributed by atoms with van der Waals surface area (Å²) in [4.78, 5) is 14.7. The highest BCUT2D eigenvalue weighted by molar-refractivity contribution is 5.85. The second kappa shape index (κ2) is 8.36. The van der Waals surface area contributed by atoms with E-state index in [1.807, 2.05) is 12.1 Å². The predicted molar refractivity (Wildman–Crippen MR) is 115 cm³/mol. The van der Waals surface area contributed by atoms with E-state index in [1.54, 1.807) is 14.2 Å². The number of hydrogen-bond donors (Lipinski definition) is 0. The SMILES string of the molecule is COc1ccc(CN2C3CCC2c2cnc(N4CCCC4)nc2C3)c(OC)c1.Cl. The lowest BCUT2D eigenvalue weighted by molar-refractivity contribution is 0.164. The number of hydrogen-bond acceptors (Lipinski definition) is 6. The second-order valence-electron chi connectivity index (χ2n) is 8.07. The zero-order valence-corrected chi connectivity index (χ0v) is 18.0. The van der Waals surface area contributed by atoms with E-state index in [0.717, 1.165) is 43.5 Å². The van der Waals surface area contributed by atoms with Gasteiger partial charge in [-0.05, 0) is 31.7 Å². The molecule has 0 amide bonds. The third kappa shape index (κ3) is 3.64. The zero-order valence-electron chi connectivity index (χ0n) is 17.1. The smallest absolute Gasteiger partial charge is 0.225 e. The average molecular weight is 417 g/mol. The maximum absolute atomic E-state index is 5.63. The summed E-state index contributed by atoms with van der Waals surface area (Å²) in [6, 6.07) is 7.07. The molecule has 29 heavy (non-hydrogen) atoms. The van der Waals surface area contributed by atoms with E-state index in [-0.39, 0.29) is 12.4 Å². The van der Waals surface area contributed by atoms with Crippen LogP contribution in [0.2, 0.25) is 0 Å². The lowest BCUT2D eigenvalue weighted by Gasteiger charge is -2.36. The molecule has 7 heteroatoms. The van der Waals surface area contributed by atoms with Crippen molar-refractivity contribution in [2.45, 2.75) is 50.7 Å². The van der Waals surface area contributed by atoms with Gasteiger partial charge in [0, 0.05) is 61.5 Å². The largest absolute Gasteiger partial charge is 0.497 e. The molecule has 2 unspecified atom stereocenters. The van der Waals surface area contributed by atoms with Crippen molar-refractivity contribution in [2.24, 2.45) is 0 Å². The molecule has 4 heterocycles. The van der Waals surface area contributed by atoms with Crippen molar-refractivity contribution in [3.63, 3.8) is 0 Å². The quantitative estimate of drug-likeness (QED) is 0.739. The number of methoxy groups -OCH3 is 2. The molecule has 3 aliphatic rings. The standard InChI is InChI=1S/C22H28N4O2.ClH/c1-27-17-7-5-15(21(12-17)28-2)14-26-16-6-8-20(26)18-13-23-22(24-19(18)11-16)25-9-3-4-10-25;/h5,7,12-13,16,20H,3-4,6,8-11,14H2,1-2H3;1H. The van der Waals surface area contributed by atoms with Crippen molar-refractivity contribution in [2.75, 3.05) is 32.2 Å². The Morgan fingerprint density at radius 2 is 1.93 bits per heavy atom. The number of anilines is 1. The summed E-state index contributed by atoms with van der Waals surface area (Å²) >= 11 is 0. The summed E-state index contributed by atoms with van der Waals surface area (Å²) in [5.74, 6) is 2.65. The van der Waals surface area contributed by atoms with Crippen LogP contribution in [0, 0.1) is 0 Å². The molecule has 2 bridgehead atoms. The van der Waals surface area contributed by atoms with E-state index in [9.17, 15) is 0 Å². The number of aromatic nitrogens is 2. The molecule has 2 atom stereocenters. The number of halogens is 1. The highest BCUT2D eigenvalue weighted by atomic mass is 35.5. The Balaban J connectivity index is 0.00000205. The molecule has 1 aromatic carbocycles. The zero-order chi connectivity index (χ0) is 19.1. The Kier molecular flexibility index (Phi) is 5.83. The third-order valence-electron chi connectivity index (χ3n) is 6.55. The van der Waals surface area contributed by atoms with Crippen molar-refractivity contribution >= 4 is 18.4 Å². The van der Waals surface area contributed by atoms with Gasteiger partial charge in [0.05, 0.1) is 19.9 Å². The van der Waals surface area contributed by atoms with Crippen molar-refractivity contribution in [1.29, 1.82) is 0 Å². The van der Waals surface area contributed by atoms with Gasteiger partial charge in [-0.2, -0.15) is 0 Å². The average Bonchev–Trinajstić information content (AvgIpc) is 3.36. The Morgan fingerprint density at radius 3 is 2.69 bits per heavy atom. The van der Waals surface area contributed by atoms with Crippen LogP contribution in [0.25, 0.3) is 0 Å². The molecule has 0 radical (unpaired) electrons. The second-order valence-corrected chi connectivity index (χ2v) is 8.07. The van der Waals surface area contributed by atoms with Gasteiger partial charge in [0.1, 0.15) is 11.5 Å². The minimum absolute atomic E-state index is 0. The molecule has 3 aliphatic heterocycles. The van der Waals surface area contributed by atoms with E-state index in [2.05, 4.69) is 22.1 Å². The van der Waals surface area contributed by atoms with Crippen LogP contribution in [-0.2, 0) is 13.0 Å². The fourth-order valence-electron chi connectivity index (χ4n) is 5.06. The molecule has 5 rings (SSSR count). The van der Waals surface area contributed by atoms with Gasteiger partial charge < -0.3 is 14.4 Å². The van der Waals surface area contributed by atoms with Gasteiger partial charge in [-0.1, -0.05) is 6.07 Å². The molecule has 2 saturated heterocycles. The van der Waals surface area contributed by atoms with Crippen LogP contribution in [0.5, 0.6) is 11.5 Å². The maximum atomic E-state index is 5.63. The Labute approximate surface area is 178 Å². The van der Waals surface area contributed by atoms with Gasteiger partial charge in [0.2, 0.25) is 5.95 Å². The van der Waals surface area contributed by atoms with Crippen LogP contribution in [0.3, 0.4) is 0 Å². The van der Waals surface area contributed by atoms with Gasteiger partial charge in [-0.25, -0.2) is 9.97 Å². The first kappa shape index (κ1) is 20.2. The van der Waals surface area contributed by atoms with Crippen LogP contribution in [0.1, 0.15) is 48.5 Å². The fourth-order valence-corrected chi connectivity index (χ4v) is 5.06. The van der Waals surface area contributed by atoms with Crippen LogP contribution in [-0.4, -0.2) is 48.2 Å². The van der Waals surface area contributed by atoms with Gasteiger partial charge in [0.25, 0.3) is 0 Å². The molecule has 6 nitrogen and oxygen atoms in total. The van der Waals surface area contributed by atoms with Crippen LogP contribution in [0.15, 0.2) is 24.4 Å². The molecule has 0 saturated carbocycles. The monoisotopic (exact) mass is 416 g/mol. The number of fused-ring (bicyclic) bond motifs is 4. The Morgan fingerprint density at radius 1 is 1.10 bits per heavy atom. The van der Waals surface area contributed by atoms with E-state index in [0.29, 0.717) is 12.1 Å². The minimum Gasteiger partial charge on any atom is -0.497 e. The van der Waals surface area contributed by atoms with Crippen LogP contribution >= 0.6 is 12.4 Å². The number of ether oxygens (including phenoxy) is 2. The lowest BCUT2D eigenvalue weighted by Crippen LogP contribution is -2.38. The third-order valence-corrected chi connectivity index (χ3v) is 6.55. The van der Waals surface area contributed by atoms with Crippen molar-refractivity contribution in [3.05, 3.63) is 41.2 Å². The molecule has 0 N–H and O–H groups in total. The highest BCUT2D eigenvalue weighted by Crippen LogP contribution is 2.44. The maximum Gasteiger partial charge on any atom is 0.225 e. The van der Waals surface area contributed by atoms with Crippen LogP contribution in [0.4, 0.5) is 5.95 Å². The van der Waals surface area contributed by atoms with E-state index in [4.69, 9.17) is 19.4 Å². The number of rotatable bonds is 5. The summed E-state index contributed by atoms with van der Waals surface area (Å²) < 4.78 is 11.0. The topological polar surface area (TPSA) is 50.7 Å². The summed E-state index contributed by atoms with van der Waals surface area (Å²) in [6.45, 7) is 3.07. The number of nitrogens with zero attached hydrogens (tertiary/aromatic N) is 4. The molecular weight excluding hydrogens is 388 g/mol. The first-order valence-electron chi connectivity index (χ1n) is 10.3. The molecule has 0 aliphatic carbocycles. The normalized spacial score (nSPS) is 22.9. The van der Waals surface area contributed by atoms with E-state index < -0.39 is 0 Å². The molecule has 156 valence electrons. The van der Waals surface area contributed by atoms with Gasteiger partial charge in [-0.15, -0.1) is 12.4 Å². The summed E-state index contributed by atoms with van der Waals surface area (Å²) in [6.07, 6.45) is 8.03. The highest BCUT2D eigenvalue weighted by Gasteiger charge is 2.41. The van der Waals surface area contributed by atoms with Crippen molar-refractivity contribution in [1.82, 2.24) is 14.9 Å². The molecular formula is C22H29ClN4O2. The lowest BCUT2D eigenvalue weighted by atomic mass is 9.98. The van der Waals surface area contributed by atoms with Gasteiger partial charge in [-0.3, -0.25) is 4.90 Å². The summed E-state index contributed by atoms with van der Waals surface area (Å²) in [5, 5.41) is 0. The predicted octanol–water partition coefficient (Wildman–Crippen LogP) is 3.78. The van der Waals surface area contributed by atoms with Gasteiger partial charge >= 0.3 is 0 Å². The Hall–Kier alpha value is -2.05. The summed E-state index contributed by atoms with van der Waals surface area (Å²) in [5.41, 5.74) is 3.80. The Bertz CT molecular complexity index is 872. The first-order valence-corrected chi connectivity index (χ1v) is 10.3. The van der Waals surface area contributed by atoms with E-state index >= 15 is 0 Å².